The average molecular weight is 374 g/mol. The molecule has 2 aromatic heterocycles. The SMILES string of the molecule is C[C@H](Sc1nnc(-c2ccco2)n1C)C(=O)N[C@H](C)c1ccc(F)cc1. The van der Waals surface area contributed by atoms with Gasteiger partial charge in [-0.15, -0.1) is 10.2 Å². The first kappa shape index (κ1) is 18.2. The molecule has 6 nitrogen and oxygen atoms in total. The summed E-state index contributed by atoms with van der Waals surface area (Å²) in [5, 5.41) is 11.4. The highest BCUT2D eigenvalue weighted by molar-refractivity contribution is 8.00. The van der Waals surface area contributed by atoms with E-state index >= 15 is 0 Å². The summed E-state index contributed by atoms with van der Waals surface area (Å²) in [6.45, 7) is 3.67. The fourth-order valence-corrected chi connectivity index (χ4v) is 3.24. The maximum atomic E-state index is 13.0. The predicted octanol–water partition coefficient (Wildman–Crippen LogP) is 3.57. The highest BCUT2D eigenvalue weighted by atomic mass is 32.2. The van der Waals surface area contributed by atoms with Crippen LogP contribution in [0.2, 0.25) is 0 Å². The topological polar surface area (TPSA) is 73.0 Å². The van der Waals surface area contributed by atoms with Crippen LogP contribution in [0.4, 0.5) is 4.39 Å². The van der Waals surface area contributed by atoms with Gasteiger partial charge in [0.1, 0.15) is 5.82 Å². The standard InChI is InChI=1S/C18H19FN4O2S/c1-11(13-6-8-14(19)9-7-13)20-17(24)12(2)26-18-22-21-16(23(18)3)15-5-4-10-25-15/h4-12H,1-3H3,(H,20,24)/t11-,12+/m1/s1. The third-order valence-electron chi connectivity index (χ3n) is 3.96. The van der Waals surface area contributed by atoms with E-state index in [1.54, 1.807) is 42.0 Å². The van der Waals surface area contributed by atoms with Crippen molar-refractivity contribution in [2.24, 2.45) is 7.05 Å². The number of benzene rings is 1. The second kappa shape index (κ2) is 7.74. The molecule has 0 aliphatic rings. The first-order valence-corrected chi connectivity index (χ1v) is 8.99. The Balaban J connectivity index is 1.63. The summed E-state index contributed by atoms with van der Waals surface area (Å²) in [6.07, 6.45) is 1.57. The van der Waals surface area contributed by atoms with E-state index < -0.39 is 0 Å². The maximum absolute atomic E-state index is 13.0. The van der Waals surface area contributed by atoms with Gasteiger partial charge in [-0.05, 0) is 43.7 Å². The lowest BCUT2D eigenvalue weighted by Crippen LogP contribution is -2.33. The molecule has 2 heterocycles. The van der Waals surface area contributed by atoms with E-state index in [9.17, 15) is 9.18 Å². The Kier molecular flexibility index (Phi) is 5.41. The van der Waals surface area contributed by atoms with Gasteiger partial charge in [-0.25, -0.2) is 4.39 Å². The Hall–Kier alpha value is -2.61. The number of furan rings is 1. The fourth-order valence-electron chi connectivity index (χ4n) is 2.42. The molecule has 0 bridgehead atoms. The van der Waals surface area contributed by atoms with Crippen LogP contribution in [0.5, 0.6) is 0 Å². The van der Waals surface area contributed by atoms with Crippen molar-refractivity contribution in [2.75, 3.05) is 0 Å². The van der Waals surface area contributed by atoms with Gasteiger partial charge in [0.25, 0.3) is 0 Å². The molecule has 0 aliphatic heterocycles. The van der Waals surface area contributed by atoms with Crippen molar-refractivity contribution in [3.05, 3.63) is 54.0 Å². The molecule has 1 aromatic carbocycles. The number of hydrogen-bond acceptors (Lipinski definition) is 5. The van der Waals surface area contributed by atoms with Crippen molar-refractivity contribution in [2.45, 2.75) is 30.3 Å². The van der Waals surface area contributed by atoms with Gasteiger partial charge in [-0.3, -0.25) is 4.79 Å². The van der Waals surface area contributed by atoms with Crippen LogP contribution in [0.1, 0.15) is 25.5 Å². The molecule has 0 unspecified atom stereocenters. The van der Waals surface area contributed by atoms with Crippen LogP contribution in [0, 0.1) is 5.82 Å². The predicted molar refractivity (Wildman–Crippen MR) is 97.0 cm³/mol. The van der Waals surface area contributed by atoms with Crippen LogP contribution in [0.15, 0.2) is 52.2 Å². The van der Waals surface area contributed by atoms with Crippen LogP contribution in [0.25, 0.3) is 11.6 Å². The number of amides is 1. The number of carbonyl (C=O) groups is 1. The summed E-state index contributed by atoms with van der Waals surface area (Å²) in [5.41, 5.74) is 0.843. The summed E-state index contributed by atoms with van der Waals surface area (Å²) in [4.78, 5) is 12.5. The van der Waals surface area contributed by atoms with Gasteiger partial charge in [-0.2, -0.15) is 0 Å². The van der Waals surface area contributed by atoms with E-state index in [0.29, 0.717) is 16.7 Å². The smallest absolute Gasteiger partial charge is 0.233 e. The Bertz CT molecular complexity index is 877. The monoisotopic (exact) mass is 374 g/mol. The van der Waals surface area contributed by atoms with Crippen molar-refractivity contribution >= 4 is 17.7 Å². The molecule has 0 aliphatic carbocycles. The maximum Gasteiger partial charge on any atom is 0.233 e. The third-order valence-corrected chi connectivity index (χ3v) is 5.09. The molecule has 1 N–H and O–H groups in total. The Labute approximate surface area is 154 Å². The van der Waals surface area contributed by atoms with Crippen LogP contribution >= 0.6 is 11.8 Å². The minimum atomic E-state index is -0.370. The molecule has 0 saturated heterocycles. The number of thioether (sulfide) groups is 1. The zero-order valence-corrected chi connectivity index (χ0v) is 15.5. The minimum Gasteiger partial charge on any atom is -0.461 e. The van der Waals surface area contributed by atoms with Crippen LogP contribution in [-0.2, 0) is 11.8 Å². The first-order valence-electron chi connectivity index (χ1n) is 8.11. The highest BCUT2D eigenvalue weighted by Crippen LogP contribution is 2.26. The molecule has 26 heavy (non-hydrogen) atoms. The lowest BCUT2D eigenvalue weighted by Gasteiger charge is -2.17. The molecule has 0 spiro atoms. The number of aromatic nitrogens is 3. The molecule has 2 atom stereocenters. The molecule has 3 rings (SSSR count). The van der Waals surface area contributed by atoms with Gasteiger partial charge in [0.15, 0.2) is 16.7 Å². The van der Waals surface area contributed by atoms with E-state index in [1.165, 1.54) is 23.9 Å². The molecule has 3 aromatic rings. The van der Waals surface area contributed by atoms with Gasteiger partial charge in [0, 0.05) is 7.05 Å². The molecule has 8 heteroatoms. The van der Waals surface area contributed by atoms with Gasteiger partial charge in [0.2, 0.25) is 5.91 Å². The van der Waals surface area contributed by atoms with Crippen molar-refractivity contribution in [3.63, 3.8) is 0 Å². The zero-order chi connectivity index (χ0) is 18.7. The van der Waals surface area contributed by atoms with Gasteiger partial charge in [0.05, 0.1) is 17.6 Å². The Morgan fingerprint density at radius 2 is 1.96 bits per heavy atom. The zero-order valence-electron chi connectivity index (χ0n) is 14.6. The quantitative estimate of drug-likeness (QED) is 0.668. The number of nitrogens with one attached hydrogen (secondary N) is 1. The van der Waals surface area contributed by atoms with Gasteiger partial charge < -0.3 is 14.3 Å². The van der Waals surface area contributed by atoms with E-state index in [1.807, 2.05) is 14.0 Å². The van der Waals surface area contributed by atoms with E-state index in [2.05, 4.69) is 15.5 Å². The number of hydrogen-bond donors (Lipinski definition) is 1. The van der Waals surface area contributed by atoms with E-state index in [-0.39, 0.29) is 23.0 Å². The van der Waals surface area contributed by atoms with Gasteiger partial charge in [-0.1, -0.05) is 23.9 Å². The Morgan fingerprint density at radius 1 is 1.23 bits per heavy atom. The van der Waals surface area contributed by atoms with Gasteiger partial charge >= 0.3 is 0 Å². The van der Waals surface area contributed by atoms with Crippen LogP contribution in [0.3, 0.4) is 0 Å². The number of carbonyl (C=O) groups excluding carboxylic acids is 1. The Morgan fingerprint density at radius 3 is 2.62 bits per heavy atom. The summed E-state index contributed by atoms with van der Waals surface area (Å²) in [7, 11) is 1.83. The molecule has 0 radical (unpaired) electrons. The molecule has 1 amide bonds. The molecule has 0 saturated carbocycles. The number of halogens is 1. The molecular formula is C18H19FN4O2S. The first-order chi connectivity index (χ1) is 12.5. The summed E-state index contributed by atoms with van der Waals surface area (Å²) in [6, 6.07) is 9.46. The molecule has 136 valence electrons. The van der Waals surface area contributed by atoms with Crippen molar-refractivity contribution < 1.29 is 13.6 Å². The molecular weight excluding hydrogens is 355 g/mol. The van der Waals surface area contributed by atoms with E-state index in [0.717, 1.165) is 5.56 Å². The van der Waals surface area contributed by atoms with Crippen LogP contribution < -0.4 is 5.32 Å². The van der Waals surface area contributed by atoms with Crippen LogP contribution in [-0.4, -0.2) is 25.9 Å². The minimum absolute atomic E-state index is 0.130. The summed E-state index contributed by atoms with van der Waals surface area (Å²) >= 11 is 1.31. The third kappa shape index (κ3) is 3.96. The normalized spacial score (nSPS) is 13.4. The summed E-state index contributed by atoms with van der Waals surface area (Å²) in [5.74, 6) is 0.791. The van der Waals surface area contributed by atoms with Crippen molar-refractivity contribution in [1.82, 2.24) is 20.1 Å². The summed E-state index contributed by atoms with van der Waals surface area (Å²) < 4.78 is 20.1. The lowest BCUT2D eigenvalue weighted by molar-refractivity contribution is -0.120. The van der Waals surface area contributed by atoms with E-state index in [4.69, 9.17) is 4.42 Å². The largest absolute Gasteiger partial charge is 0.461 e. The highest BCUT2D eigenvalue weighted by Gasteiger charge is 2.21. The second-order valence-electron chi connectivity index (χ2n) is 5.88. The number of nitrogens with zero attached hydrogens (tertiary/aromatic N) is 3. The molecule has 0 fully saturated rings. The van der Waals surface area contributed by atoms with Crippen molar-refractivity contribution in [1.29, 1.82) is 0 Å². The second-order valence-corrected chi connectivity index (χ2v) is 7.19. The average Bonchev–Trinajstić information content (AvgIpc) is 3.26. The lowest BCUT2D eigenvalue weighted by atomic mass is 10.1. The fraction of sp³-hybridized carbons (Fsp3) is 0.278. The van der Waals surface area contributed by atoms with Crippen molar-refractivity contribution in [3.8, 4) is 11.6 Å². The number of rotatable bonds is 6.